The van der Waals surface area contributed by atoms with E-state index in [-0.39, 0.29) is 13.0 Å². The number of aliphatic hydroxyl groups is 1. The summed E-state index contributed by atoms with van der Waals surface area (Å²) in [5.74, 6) is 1.63. The molecule has 1 atom stereocenters. The highest BCUT2D eigenvalue weighted by Crippen LogP contribution is 2.32. The summed E-state index contributed by atoms with van der Waals surface area (Å²) >= 11 is 0. The third-order valence-electron chi connectivity index (χ3n) is 4.00. The third-order valence-corrected chi connectivity index (χ3v) is 4.00. The number of rotatable bonds is 8. The Balaban J connectivity index is 2.01. The van der Waals surface area contributed by atoms with E-state index in [1.54, 1.807) is 4.68 Å². The summed E-state index contributed by atoms with van der Waals surface area (Å²) in [6.07, 6.45) is -0.0645. The Labute approximate surface area is 157 Å². The molecule has 1 heterocycles. The molecule has 0 spiro atoms. The molecule has 0 aliphatic heterocycles. The van der Waals surface area contributed by atoms with E-state index in [0.717, 1.165) is 0 Å². The van der Waals surface area contributed by atoms with Gasteiger partial charge < -0.3 is 15.6 Å². The fourth-order valence-electron chi connectivity index (χ4n) is 2.63. The number of para-hydroxylation sites is 2. The summed E-state index contributed by atoms with van der Waals surface area (Å²) in [4.78, 5) is 15.7. The molecule has 0 saturated heterocycles. The van der Waals surface area contributed by atoms with Crippen molar-refractivity contribution in [1.29, 1.82) is 0 Å². The number of aliphatic hydroxyl groups excluding tert-OH is 1. The molecular formula is C20H22N4O3. The SMILES string of the molecule is CC[C@@H](O)Cn1nc(CC(N)=O)nc1-c1ccccc1Oc1ccccc1. The molecule has 0 bridgehead atoms. The number of aromatic nitrogens is 3. The largest absolute Gasteiger partial charge is 0.457 e. The molecule has 1 amide bonds. The van der Waals surface area contributed by atoms with E-state index in [1.807, 2.05) is 61.5 Å². The van der Waals surface area contributed by atoms with E-state index >= 15 is 0 Å². The average Bonchev–Trinajstić information content (AvgIpc) is 3.04. The topological polar surface area (TPSA) is 103 Å². The van der Waals surface area contributed by atoms with Gasteiger partial charge in [0.15, 0.2) is 11.6 Å². The van der Waals surface area contributed by atoms with Gasteiger partial charge in [0, 0.05) is 0 Å². The van der Waals surface area contributed by atoms with Crippen molar-refractivity contribution < 1.29 is 14.6 Å². The maximum absolute atomic E-state index is 11.3. The Hall–Kier alpha value is -3.19. The summed E-state index contributed by atoms with van der Waals surface area (Å²) in [5, 5.41) is 14.4. The van der Waals surface area contributed by atoms with Crippen molar-refractivity contribution in [2.75, 3.05) is 0 Å². The molecule has 0 aliphatic rings. The lowest BCUT2D eigenvalue weighted by molar-refractivity contribution is -0.117. The number of hydrogen-bond donors (Lipinski definition) is 2. The van der Waals surface area contributed by atoms with Gasteiger partial charge in [-0.05, 0) is 30.7 Å². The molecule has 1 aromatic heterocycles. The van der Waals surface area contributed by atoms with Gasteiger partial charge in [0.05, 0.1) is 24.6 Å². The van der Waals surface area contributed by atoms with E-state index in [9.17, 15) is 9.90 Å². The first-order valence-electron chi connectivity index (χ1n) is 8.79. The van der Waals surface area contributed by atoms with Crippen molar-refractivity contribution in [3.8, 4) is 22.9 Å². The lowest BCUT2D eigenvalue weighted by atomic mass is 10.2. The first-order chi connectivity index (χ1) is 13.1. The number of nitrogens with two attached hydrogens (primary N) is 1. The first-order valence-corrected chi connectivity index (χ1v) is 8.79. The van der Waals surface area contributed by atoms with E-state index in [2.05, 4.69) is 10.1 Å². The summed E-state index contributed by atoms with van der Waals surface area (Å²) < 4.78 is 7.60. The van der Waals surface area contributed by atoms with Gasteiger partial charge in [0.25, 0.3) is 0 Å². The van der Waals surface area contributed by atoms with Crippen LogP contribution in [-0.2, 0) is 17.8 Å². The Kier molecular flexibility index (Phi) is 5.83. The number of carbonyl (C=O) groups excluding carboxylic acids is 1. The van der Waals surface area contributed by atoms with Crippen LogP contribution in [0.5, 0.6) is 11.5 Å². The van der Waals surface area contributed by atoms with Gasteiger partial charge in [-0.25, -0.2) is 9.67 Å². The zero-order valence-corrected chi connectivity index (χ0v) is 15.1. The van der Waals surface area contributed by atoms with Crippen LogP contribution in [0.4, 0.5) is 0 Å². The number of benzene rings is 2. The number of nitrogens with zero attached hydrogens (tertiary/aromatic N) is 3. The van der Waals surface area contributed by atoms with Gasteiger partial charge in [0.2, 0.25) is 5.91 Å². The van der Waals surface area contributed by atoms with Crippen LogP contribution in [0.3, 0.4) is 0 Å². The minimum absolute atomic E-state index is 0.0655. The first kappa shape index (κ1) is 18.6. The highest BCUT2D eigenvalue weighted by Gasteiger charge is 2.19. The molecule has 0 fully saturated rings. The van der Waals surface area contributed by atoms with Crippen molar-refractivity contribution in [3.63, 3.8) is 0 Å². The molecule has 2 aromatic carbocycles. The van der Waals surface area contributed by atoms with Crippen molar-refractivity contribution >= 4 is 5.91 Å². The fraction of sp³-hybridized carbons (Fsp3) is 0.250. The second-order valence-electron chi connectivity index (χ2n) is 6.15. The van der Waals surface area contributed by atoms with Crippen molar-refractivity contribution in [3.05, 3.63) is 60.4 Å². The Morgan fingerprint density at radius 1 is 1.19 bits per heavy atom. The molecule has 7 heteroatoms. The second-order valence-corrected chi connectivity index (χ2v) is 6.15. The zero-order valence-electron chi connectivity index (χ0n) is 15.1. The van der Waals surface area contributed by atoms with Crippen LogP contribution < -0.4 is 10.5 Å². The summed E-state index contributed by atoms with van der Waals surface area (Å²) in [6.45, 7) is 2.15. The van der Waals surface area contributed by atoms with E-state index in [0.29, 0.717) is 35.1 Å². The van der Waals surface area contributed by atoms with Crippen LogP contribution >= 0.6 is 0 Å². The number of amides is 1. The molecule has 3 N–H and O–H groups in total. The lowest BCUT2D eigenvalue weighted by Crippen LogP contribution is -2.18. The highest BCUT2D eigenvalue weighted by molar-refractivity contribution is 5.76. The maximum Gasteiger partial charge on any atom is 0.225 e. The van der Waals surface area contributed by atoms with Crippen molar-refractivity contribution in [2.45, 2.75) is 32.4 Å². The van der Waals surface area contributed by atoms with Gasteiger partial charge in [-0.2, -0.15) is 5.10 Å². The van der Waals surface area contributed by atoms with Crippen LogP contribution in [0.1, 0.15) is 19.2 Å². The molecule has 27 heavy (non-hydrogen) atoms. The van der Waals surface area contributed by atoms with Gasteiger partial charge in [-0.1, -0.05) is 37.3 Å². The van der Waals surface area contributed by atoms with E-state index < -0.39 is 12.0 Å². The standard InChI is InChI=1S/C20H22N4O3/c1-2-14(25)13-24-20(22-19(23-24)12-18(21)26)16-10-6-7-11-17(16)27-15-8-4-3-5-9-15/h3-11,14,25H,2,12-13H2,1H3,(H2,21,26)/t14-/m1/s1. The van der Waals surface area contributed by atoms with Crippen molar-refractivity contribution in [1.82, 2.24) is 14.8 Å². The number of ether oxygens (including phenoxy) is 1. The van der Waals surface area contributed by atoms with Gasteiger partial charge in [0.1, 0.15) is 11.5 Å². The summed E-state index contributed by atoms with van der Waals surface area (Å²) in [5.41, 5.74) is 6.00. The van der Waals surface area contributed by atoms with Crippen LogP contribution in [0.2, 0.25) is 0 Å². The van der Waals surface area contributed by atoms with Crippen LogP contribution in [0.15, 0.2) is 54.6 Å². The monoisotopic (exact) mass is 366 g/mol. The van der Waals surface area contributed by atoms with Crippen molar-refractivity contribution in [2.24, 2.45) is 5.73 Å². The van der Waals surface area contributed by atoms with Crippen LogP contribution in [-0.4, -0.2) is 31.9 Å². The predicted octanol–water partition coefficient (Wildman–Crippen LogP) is 2.54. The zero-order chi connectivity index (χ0) is 19.2. The summed E-state index contributed by atoms with van der Waals surface area (Å²) in [6, 6.07) is 16.9. The van der Waals surface area contributed by atoms with Crippen LogP contribution in [0, 0.1) is 0 Å². The molecule has 3 aromatic rings. The molecule has 0 aliphatic carbocycles. The number of primary amides is 1. The van der Waals surface area contributed by atoms with Crippen LogP contribution in [0.25, 0.3) is 11.4 Å². The Morgan fingerprint density at radius 3 is 2.59 bits per heavy atom. The lowest BCUT2D eigenvalue weighted by Gasteiger charge is -2.13. The molecule has 0 radical (unpaired) electrons. The summed E-state index contributed by atoms with van der Waals surface area (Å²) in [7, 11) is 0. The van der Waals surface area contributed by atoms with E-state index in [1.165, 1.54) is 0 Å². The Morgan fingerprint density at radius 2 is 1.89 bits per heavy atom. The molecule has 0 saturated carbocycles. The average molecular weight is 366 g/mol. The highest BCUT2D eigenvalue weighted by atomic mass is 16.5. The molecule has 140 valence electrons. The fourth-order valence-corrected chi connectivity index (χ4v) is 2.63. The Bertz CT molecular complexity index is 909. The molecule has 0 unspecified atom stereocenters. The maximum atomic E-state index is 11.3. The predicted molar refractivity (Wildman–Crippen MR) is 101 cm³/mol. The minimum Gasteiger partial charge on any atom is -0.457 e. The van der Waals surface area contributed by atoms with Gasteiger partial charge >= 0.3 is 0 Å². The van der Waals surface area contributed by atoms with Gasteiger partial charge in [-0.15, -0.1) is 0 Å². The van der Waals surface area contributed by atoms with Gasteiger partial charge in [-0.3, -0.25) is 4.79 Å². The number of hydrogen-bond acceptors (Lipinski definition) is 5. The second kappa shape index (κ2) is 8.46. The normalized spacial score (nSPS) is 11.9. The quantitative estimate of drug-likeness (QED) is 0.638. The third kappa shape index (κ3) is 4.71. The molecular weight excluding hydrogens is 344 g/mol. The minimum atomic E-state index is -0.575. The molecule has 3 rings (SSSR count). The molecule has 7 nitrogen and oxygen atoms in total. The van der Waals surface area contributed by atoms with E-state index in [4.69, 9.17) is 10.5 Å². The number of carbonyl (C=O) groups is 1. The smallest absolute Gasteiger partial charge is 0.225 e.